The second kappa shape index (κ2) is 2.09. The van der Waals surface area contributed by atoms with Crippen LogP contribution in [0.15, 0.2) is 0 Å². The van der Waals surface area contributed by atoms with Gasteiger partial charge in [0.15, 0.2) is 0 Å². The zero-order valence-corrected chi connectivity index (χ0v) is 7.15. The summed E-state index contributed by atoms with van der Waals surface area (Å²) in [6.45, 7) is 2.84. The molecule has 0 aromatic rings. The van der Waals surface area contributed by atoms with E-state index >= 15 is 0 Å². The summed E-state index contributed by atoms with van der Waals surface area (Å²) in [6.07, 6.45) is 0. The van der Waals surface area contributed by atoms with Crippen LogP contribution in [0.2, 0.25) is 0 Å². The van der Waals surface area contributed by atoms with Gasteiger partial charge in [-0.1, -0.05) is 6.92 Å². The fourth-order valence-corrected chi connectivity index (χ4v) is 1.95. The van der Waals surface area contributed by atoms with Crippen LogP contribution in [0.1, 0.15) is 13.8 Å². The van der Waals surface area contributed by atoms with Crippen molar-refractivity contribution in [3.63, 3.8) is 0 Å². The highest BCUT2D eigenvalue weighted by Gasteiger charge is 2.75. The van der Waals surface area contributed by atoms with Crippen molar-refractivity contribution >= 4 is 17.6 Å². The van der Waals surface area contributed by atoms with Gasteiger partial charge in [0.1, 0.15) is 11.6 Å². The minimum Gasteiger partial charge on any atom is -0.481 e. The Bertz CT molecular complexity index is 205. The summed E-state index contributed by atoms with van der Waals surface area (Å²) in [5.74, 6) is -1.98. The fraction of sp³-hybridized carbons (Fsp3) is 0.857. The molecule has 0 spiro atoms. The lowest BCUT2D eigenvalue weighted by molar-refractivity contribution is -0.140. The molecule has 0 aromatic carbocycles. The topological polar surface area (TPSA) is 37.3 Å². The molecule has 0 aromatic heterocycles. The van der Waals surface area contributed by atoms with Crippen LogP contribution in [0.25, 0.3) is 0 Å². The summed E-state index contributed by atoms with van der Waals surface area (Å²) in [6, 6.07) is 0. The Hall–Kier alpha value is -0.310. The van der Waals surface area contributed by atoms with Gasteiger partial charge in [-0.15, -0.1) is 11.6 Å². The van der Waals surface area contributed by atoms with Crippen molar-refractivity contribution in [3.05, 3.63) is 0 Å². The van der Waals surface area contributed by atoms with E-state index in [9.17, 15) is 9.18 Å². The molecule has 0 radical (unpaired) electrons. The van der Waals surface area contributed by atoms with Gasteiger partial charge in [0.05, 0.1) is 0 Å². The molecule has 64 valence electrons. The number of carbonyl (C=O) groups is 1. The second-order valence-corrected chi connectivity index (χ2v) is 3.67. The summed E-state index contributed by atoms with van der Waals surface area (Å²) in [4.78, 5) is 10.5. The maximum absolute atomic E-state index is 13.3. The number of hydrogen-bond acceptors (Lipinski definition) is 1. The molecule has 1 aliphatic rings. The van der Waals surface area contributed by atoms with Crippen LogP contribution < -0.4 is 0 Å². The smallest absolute Gasteiger partial charge is 0.310 e. The van der Waals surface area contributed by atoms with Crippen molar-refractivity contribution < 1.29 is 14.3 Å². The second-order valence-electron chi connectivity index (χ2n) is 3.40. The normalized spacial score (nSPS) is 48.9. The van der Waals surface area contributed by atoms with Gasteiger partial charge in [-0.05, 0) is 6.92 Å². The van der Waals surface area contributed by atoms with Crippen molar-refractivity contribution in [1.29, 1.82) is 0 Å². The van der Waals surface area contributed by atoms with Crippen molar-refractivity contribution in [3.8, 4) is 0 Å². The third-order valence-corrected chi connectivity index (χ3v) is 3.29. The highest BCUT2D eigenvalue weighted by atomic mass is 35.5. The number of halogens is 2. The van der Waals surface area contributed by atoms with Gasteiger partial charge >= 0.3 is 5.97 Å². The number of aliphatic carboxylic acids is 1. The summed E-state index contributed by atoms with van der Waals surface area (Å²) in [7, 11) is 0. The van der Waals surface area contributed by atoms with E-state index in [4.69, 9.17) is 16.7 Å². The highest BCUT2D eigenvalue weighted by Crippen LogP contribution is 2.64. The van der Waals surface area contributed by atoms with Crippen molar-refractivity contribution in [2.24, 2.45) is 11.3 Å². The van der Waals surface area contributed by atoms with Gasteiger partial charge in [-0.3, -0.25) is 4.79 Å². The number of hydrogen-bond donors (Lipinski definition) is 1. The summed E-state index contributed by atoms with van der Waals surface area (Å²) in [5, 5.41) is 8.56. The molecule has 3 atom stereocenters. The first-order chi connectivity index (χ1) is 4.88. The lowest BCUT2D eigenvalue weighted by Gasteiger charge is -2.04. The SMILES string of the molecule is CC1(F)C(C(=O)O)C1(C)CCl. The highest BCUT2D eigenvalue weighted by molar-refractivity contribution is 6.19. The summed E-state index contributed by atoms with van der Waals surface area (Å²) < 4.78 is 13.3. The van der Waals surface area contributed by atoms with Crippen LogP contribution in [-0.4, -0.2) is 22.6 Å². The van der Waals surface area contributed by atoms with E-state index < -0.39 is 23.0 Å². The minimum absolute atomic E-state index is 0.0525. The van der Waals surface area contributed by atoms with Crippen LogP contribution in [0.4, 0.5) is 4.39 Å². The predicted octanol–water partition coefficient (Wildman–Crippen LogP) is 1.67. The maximum atomic E-state index is 13.3. The van der Waals surface area contributed by atoms with Crippen LogP contribution in [-0.2, 0) is 4.79 Å². The van der Waals surface area contributed by atoms with Gasteiger partial charge in [0.25, 0.3) is 0 Å². The molecule has 1 N–H and O–H groups in total. The van der Waals surface area contributed by atoms with Gasteiger partial charge in [0, 0.05) is 11.3 Å². The van der Waals surface area contributed by atoms with Gasteiger partial charge in [-0.2, -0.15) is 0 Å². The third-order valence-electron chi connectivity index (χ3n) is 2.74. The lowest BCUT2D eigenvalue weighted by atomic mass is 10.1. The molecule has 1 rings (SSSR count). The Morgan fingerprint density at radius 1 is 1.73 bits per heavy atom. The molecule has 0 aliphatic heterocycles. The fourth-order valence-electron chi connectivity index (χ4n) is 1.54. The Morgan fingerprint density at radius 3 is 2.27 bits per heavy atom. The quantitative estimate of drug-likeness (QED) is 0.657. The Balaban J connectivity index is 2.83. The molecule has 0 heterocycles. The molecule has 3 unspecified atom stereocenters. The number of alkyl halides is 2. The Kier molecular flexibility index (Phi) is 1.67. The van der Waals surface area contributed by atoms with E-state index in [0.717, 1.165) is 0 Å². The van der Waals surface area contributed by atoms with Crippen LogP contribution in [0.5, 0.6) is 0 Å². The molecule has 0 saturated heterocycles. The molecular weight excluding hydrogens is 171 g/mol. The average Bonchev–Trinajstić information content (AvgIpc) is 2.29. The largest absolute Gasteiger partial charge is 0.481 e. The third kappa shape index (κ3) is 0.868. The van der Waals surface area contributed by atoms with Crippen LogP contribution in [0, 0.1) is 11.3 Å². The molecule has 0 amide bonds. The first kappa shape index (κ1) is 8.78. The molecule has 2 nitrogen and oxygen atoms in total. The molecule has 11 heavy (non-hydrogen) atoms. The van der Waals surface area contributed by atoms with E-state index in [1.807, 2.05) is 0 Å². The number of carboxylic acid groups (broad SMARTS) is 1. The molecular formula is C7H10ClFO2. The molecule has 0 bridgehead atoms. The summed E-state index contributed by atoms with van der Waals surface area (Å²) in [5.41, 5.74) is -2.51. The van der Waals surface area contributed by atoms with E-state index in [-0.39, 0.29) is 5.88 Å². The Labute approximate surface area is 69.3 Å². The first-order valence-electron chi connectivity index (χ1n) is 3.35. The monoisotopic (exact) mass is 180 g/mol. The maximum Gasteiger partial charge on any atom is 0.310 e. The van der Waals surface area contributed by atoms with Gasteiger partial charge < -0.3 is 5.11 Å². The predicted molar refractivity (Wildman–Crippen MR) is 39.5 cm³/mol. The van der Waals surface area contributed by atoms with Crippen molar-refractivity contribution in [2.75, 3.05) is 5.88 Å². The van der Waals surface area contributed by atoms with E-state index in [2.05, 4.69) is 0 Å². The van der Waals surface area contributed by atoms with E-state index in [0.29, 0.717) is 0 Å². The minimum atomic E-state index is -1.64. The molecule has 1 aliphatic carbocycles. The number of rotatable bonds is 2. The molecule has 1 saturated carbocycles. The van der Waals surface area contributed by atoms with Crippen molar-refractivity contribution in [1.82, 2.24) is 0 Å². The molecule has 4 heteroatoms. The lowest BCUT2D eigenvalue weighted by Crippen LogP contribution is -2.08. The van der Waals surface area contributed by atoms with E-state index in [1.54, 1.807) is 6.92 Å². The average molecular weight is 181 g/mol. The Morgan fingerprint density at radius 2 is 2.18 bits per heavy atom. The van der Waals surface area contributed by atoms with Crippen LogP contribution in [0.3, 0.4) is 0 Å². The van der Waals surface area contributed by atoms with E-state index in [1.165, 1.54) is 6.92 Å². The number of carboxylic acids is 1. The van der Waals surface area contributed by atoms with Gasteiger partial charge in [-0.25, -0.2) is 4.39 Å². The standard InChI is InChI=1S/C7H10ClFO2/c1-6(3-8)4(5(10)11)7(6,2)9/h4H,3H2,1-2H3,(H,10,11). The first-order valence-corrected chi connectivity index (χ1v) is 3.89. The van der Waals surface area contributed by atoms with Crippen LogP contribution >= 0.6 is 11.6 Å². The summed E-state index contributed by atoms with van der Waals surface area (Å²) >= 11 is 5.46. The van der Waals surface area contributed by atoms with Crippen molar-refractivity contribution in [2.45, 2.75) is 19.5 Å². The molecule has 1 fully saturated rings. The zero-order chi connectivity index (χ0) is 8.86. The van der Waals surface area contributed by atoms with Gasteiger partial charge in [0.2, 0.25) is 0 Å². The zero-order valence-electron chi connectivity index (χ0n) is 6.40.